The van der Waals surface area contributed by atoms with Crippen LogP contribution in [0.15, 0.2) is 23.0 Å². The van der Waals surface area contributed by atoms with Gasteiger partial charge in [0.25, 0.3) is 0 Å². The molecule has 0 amide bonds. The summed E-state index contributed by atoms with van der Waals surface area (Å²) in [5.41, 5.74) is 3.02. The highest BCUT2D eigenvalue weighted by Crippen LogP contribution is 2.11. The Morgan fingerprint density at radius 3 is 3.15 bits per heavy atom. The van der Waals surface area contributed by atoms with E-state index in [4.69, 9.17) is 0 Å². The Bertz CT molecular complexity index is 241. The van der Waals surface area contributed by atoms with Crippen LogP contribution in [-0.2, 0) is 0 Å². The lowest BCUT2D eigenvalue weighted by Gasteiger charge is -2.09. The summed E-state index contributed by atoms with van der Waals surface area (Å²) < 4.78 is 0. The van der Waals surface area contributed by atoms with Crippen molar-refractivity contribution in [3.63, 3.8) is 0 Å². The molecule has 0 aromatic carbocycles. The van der Waals surface area contributed by atoms with Crippen LogP contribution in [0, 0.1) is 0 Å². The molecule has 0 aliphatic carbocycles. The molecular weight excluding hydrogens is 180 g/mol. The van der Waals surface area contributed by atoms with Crippen molar-refractivity contribution in [3.05, 3.63) is 28.7 Å². The van der Waals surface area contributed by atoms with Gasteiger partial charge in [0.05, 0.1) is 11.2 Å². The molecule has 2 nitrogen and oxygen atoms in total. The van der Waals surface area contributed by atoms with Crippen molar-refractivity contribution in [1.82, 2.24) is 10.3 Å². The molecule has 72 valence electrons. The van der Waals surface area contributed by atoms with Crippen LogP contribution in [0.4, 0.5) is 0 Å². The van der Waals surface area contributed by atoms with E-state index in [1.54, 1.807) is 11.3 Å². The van der Waals surface area contributed by atoms with Gasteiger partial charge in [0, 0.05) is 11.4 Å². The van der Waals surface area contributed by atoms with Crippen LogP contribution in [0.2, 0.25) is 0 Å². The van der Waals surface area contributed by atoms with E-state index in [1.807, 2.05) is 12.4 Å². The Kier molecular flexibility index (Phi) is 4.72. The highest BCUT2D eigenvalue weighted by molar-refractivity contribution is 7.07. The van der Waals surface area contributed by atoms with Gasteiger partial charge in [-0.15, -0.1) is 11.3 Å². The third-order valence-corrected chi connectivity index (χ3v) is 2.50. The number of nitrogens with one attached hydrogen (secondary N) is 1. The summed E-state index contributed by atoms with van der Waals surface area (Å²) >= 11 is 1.65. The topological polar surface area (TPSA) is 24.9 Å². The van der Waals surface area contributed by atoms with Crippen molar-refractivity contribution in [2.45, 2.75) is 26.3 Å². The van der Waals surface area contributed by atoms with Gasteiger partial charge in [-0.1, -0.05) is 12.2 Å². The number of hydrogen-bond donors (Lipinski definition) is 1. The zero-order chi connectivity index (χ0) is 9.52. The molecule has 0 saturated heterocycles. The summed E-state index contributed by atoms with van der Waals surface area (Å²) in [4.78, 5) is 4.25. The fourth-order valence-electron chi connectivity index (χ4n) is 1.09. The third kappa shape index (κ3) is 3.70. The normalized spacial score (nSPS) is 13.7. The number of nitrogens with zero attached hydrogens (tertiary/aromatic N) is 1. The van der Waals surface area contributed by atoms with Crippen molar-refractivity contribution in [3.8, 4) is 0 Å². The summed E-state index contributed by atoms with van der Waals surface area (Å²) in [6.45, 7) is 5.21. The number of rotatable bonds is 5. The first-order valence-electron chi connectivity index (χ1n) is 4.57. The average molecular weight is 196 g/mol. The molecule has 1 atom stereocenters. The standard InChI is InChI=1S/C10H16N2S/c1-3-4-5-6-11-9(2)10-7-13-8-12-10/h3-4,7-9,11H,5-6H2,1-2H3/b4-3+. The number of hydrogen-bond acceptors (Lipinski definition) is 3. The van der Waals surface area contributed by atoms with Gasteiger partial charge in [-0.2, -0.15) is 0 Å². The maximum absolute atomic E-state index is 4.25. The van der Waals surface area contributed by atoms with Crippen LogP contribution in [-0.4, -0.2) is 11.5 Å². The van der Waals surface area contributed by atoms with E-state index in [0.29, 0.717) is 6.04 Å². The third-order valence-electron chi connectivity index (χ3n) is 1.89. The second kappa shape index (κ2) is 5.89. The number of aromatic nitrogens is 1. The molecule has 1 aromatic heterocycles. The molecule has 1 aromatic rings. The van der Waals surface area contributed by atoms with Gasteiger partial charge in [0.15, 0.2) is 0 Å². The average Bonchev–Trinajstić information content (AvgIpc) is 2.65. The van der Waals surface area contributed by atoms with Crippen LogP contribution in [0.5, 0.6) is 0 Å². The van der Waals surface area contributed by atoms with Crippen molar-refractivity contribution in [2.75, 3.05) is 6.54 Å². The zero-order valence-corrected chi connectivity index (χ0v) is 8.97. The van der Waals surface area contributed by atoms with E-state index < -0.39 is 0 Å². The quantitative estimate of drug-likeness (QED) is 0.578. The first-order valence-corrected chi connectivity index (χ1v) is 5.51. The smallest absolute Gasteiger partial charge is 0.0795 e. The van der Waals surface area contributed by atoms with E-state index in [1.165, 1.54) is 0 Å². The molecule has 13 heavy (non-hydrogen) atoms. The molecule has 1 rings (SSSR count). The Balaban J connectivity index is 2.22. The molecule has 0 bridgehead atoms. The summed E-state index contributed by atoms with van der Waals surface area (Å²) in [6.07, 6.45) is 5.33. The van der Waals surface area contributed by atoms with E-state index >= 15 is 0 Å². The maximum Gasteiger partial charge on any atom is 0.0795 e. The van der Waals surface area contributed by atoms with Crippen LogP contribution >= 0.6 is 11.3 Å². The fourth-order valence-corrected chi connectivity index (χ4v) is 1.74. The molecule has 1 N–H and O–H groups in total. The molecule has 0 fully saturated rings. The van der Waals surface area contributed by atoms with Crippen molar-refractivity contribution < 1.29 is 0 Å². The highest BCUT2D eigenvalue weighted by atomic mass is 32.1. The van der Waals surface area contributed by atoms with Gasteiger partial charge >= 0.3 is 0 Å². The molecule has 3 heteroatoms. The molecule has 0 saturated carbocycles. The molecule has 1 heterocycles. The molecular formula is C10H16N2S. The Labute approximate surface area is 83.7 Å². The first-order chi connectivity index (χ1) is 6.34. The van der Waals surface area contributed by atoms with Crippen molar-refractivity contribution in [1.29, 1.82) is 0 Å². The van der Waals surface area contributed by atoms with Gasteiger partial charge < -0.3 is 5.32 Å². The summed E-state index contributed by atoms with van der Waals surface area (Å²) in [5.74, 6) is 0. The van der Waals surface area contributed by atoms with Crippen molar-refractivity contribution >= 4 is 11.3 Å². The maximum atomic E-state index is 4.25. The molecule has 0 spiro atoms. The second-order valence-corrected chi connectivity index (χ2v) is 3.67. The van der Waals surface area contributed by atoms with E-state index in [0.717, 1.165) is 18.7 Å². The minimum absolute atomic E-state index is 0.372. The molecule has 0 aliphatic heterocycles. The molecule has 0 radical (unpaired) electrons. The van der Waals surface area contributed by atoms with Crippen LogP contribution in [0.3, 0.4) is 0 Å². The fraction of sp³-hybridized carbons (Fsp3) is 0.500. The van der Waals surface area contributed by atoms with Gasteiger partial charge in [-0.05, 0) is 26.8 Å². The Morgan fingerprint density at radius 1 is 1.69 bits per heavy atom. The van der Waals surface area contributed by atoms with E-state index in [9.17, 15) is 0 Å². The minimum Gasteiger partial charge on any atom is -0.309 e. The lowest BCUT2D eigenvalue weighted by Crippen LogP contribution is -2.19. The highest BCUT2D eigenvalue weighted by Gasteiger charge is 2.04. The van der Waals surface area contributed by atoms with Gasteiger partial charge in [0.2, 0.25) is 0 Å². The Morgan fingerprint density at radius 2 is 2.54 bits per heavy atom. The van der Waals surface area contributed by atoms with Crippen LogP contribution < -0.4 is 5.32 Å². The molecule has 0 aliphatic rings. The predicted molar refractivity (Wildman–Crippen MR) is 58.0 cm³/mol. The van der Waals surface area contributed by atoms with E-state index in [2.05, 4.69) is 34.8 Å². The van der Waals surface area contributed by atoms with Gasteiger partial charge in [-0.3, -0.25) is 0 Å². The van der Waals surface area contributed by atoms with Crippen LogP contribution in [0.1, 0.15) is 32.0 Å². The lowest BCUT2D eigenvalue weighted by atomic mass is 10.2. The SMILES string of the molecule is C/C=C/CCNC(C)c1cscn1. The lowest BCUT2D eigenvalue weighted by molar-refractivity contribution is 0.570. The number of allylic oxidation sites excluding steroid dienone is 1. The summed E-state index contributed by atoms with van der Waals surface area (Å²) in [5, 5.41) is 5.50. The van der Waals surface area contributed by atoms with E-state index in [-0.39, 0.29) is 0 Å². The summed E-state index contributed by atoms with van der Waals surface area (Å²) in [7, 11) is 0. The minimum atomic E-state index is 0.372. The van der Waals surface area contributed by atoms with Crippen molar-refractivity contribution in [2.24, 2.45) is 0 Å². The Hall–Kier alpha value is -0.670. The monoisotopic (exact) mass is 196 g/mol. The number of thiazole rings is 1. The predicted octanol–water partition coefficient (Wildman–Crippen LogP) is 2.76. The largest absolute Gasteiger partial charge is 0.309 e. The van der Waals surface area contributed by atoms with Gasteiger partial charge in [-0.25, -0.2) is 4.98 Å². The summed E-state index contributed by atoms with van der Waals surface area (Å²) in [6, 6.07) is 0.372. The van der Waals surface area contributed by atoms with Crippen LogP contribution in [0.25, 0.3) is 0 Å². The first kappa shape index (κ1) is 10.4. The zero-order valence-electron chi connectivity index (χ0n) is 8.16. The molecule has 1 unspecified atom stereocenters. The van der Waals surface area contributed by atoms with Gasteiger partial charge in [0.1, 0.15) is 0 Å². The second-order valence-electron chi connectivity index (χ2n) is 2.95.